The van der Waals surface area contributed by atoms with Gasteiger partial charge < -0.3 is 11.1 Å². The number of hydrogen-bond acceptors (Lipinski definition) is 3. The van der Waals surface area contributed by atoms with Crippen LogP contribution in [0.5, 0.6) is 0 Å². The van der Waals surface area contributed by atoms with Gasteiger partial charge in [-0.15, -0.1) is 0 Å². The second-order valence-electron chi connectivity index (χ2n) is 2.98. The summed E-state index contributed by atoms with van der Waals surface area (Å²) in [6.45, 7) is 2.53. The average molecular weight is 152 g/mol. The van der Waals surface area contributed by atoms with Crippen LogP contribution < -0.4 is 11.1 Å². The van der Waals surface area contributed by atoms with Crippen molar-refractivity contribution < 1.29 is 0 Å². The van der Waals surface area contributed by atoms with Crippen molar-refractivity contribution in [3.63, 3.8) is 0 Å². The van der Waals surface area contributed by atoms with Crippen LogP contribution in [-0.4, -0.2) is 29.4 Å². The molecular formula is C7H12N4. The third-order valence-corrected chi connectivity index (χ3v) is 2.28. The summed E-state index contributed by atoms with van der Waals surface area (Å²) in [5.74, 6) is 0. The van der Waals surface area contributed by atoms with E-state index in [9.17, 15) is 0 Å². The average Bonchev–Trinajstić information content (AvgIpc) is 2.39. The third kappa shape index (κ3) is 0.868. The van der Waals surface area contributed by atoms with E-state index in [1.165, 1.54) is 0 Å². The number of rotatable bonds is 2. The molecule has 4 heteroatoms. The monoisotopic (exact) mass is 152 g/mol. The Labute approximate surface area is 65.4 Å². The highest BCUT2D eigenvalue weighted by atomic mass is 15.4. The maximum absolute atomic E-state index is 5.66. The smallest absolute Gasteiger partial charge is 0.0996 e. The van der Waals surface area contributed by atoms with Gasteiger partial charge in [0.15, 0.2) is 0 Å². The Hall–Kier alpha value is -0.870. The SMILES string of the molecule is NCC1(n2cccn2)CNC1. The number of nitrogens with zero attached hydrogens (tertiary/aromatic N) is 2. The Kier molecular flexibility index (Phi) is 1.44. The molecule has 2 heterocycles. The molecular weight excluding hydrogens is 140 g/mol. The van der Waals surface area contributed by atoms with Crippen LogP contribution in [0.3, 0.4) is 0 Å². The van der Waals surface area contributed by atoms with Crippen molar-refractivity contribution in [2.45, 2.75) is 5.54 Å². The molecule has 0 saturated carbocycles. The van der Waals surface area contributed by atoms with Gasteiger partial charge in [-0.25, -0.2) is 0 Å². The van der Waals surface area contributed by atoms with Crippen molar-refractivity contribution >= 4 is 0 Å². The van der Waals surface area contributed by atoms with E-state index < -0.39 is 0 Å². The van der Waals surface area contributed by atoms with Crippen molar-refractivity contribution in [2.75, 3.05) is 19.6 Å². The van der Waals surface area contributed by atoms with E-state index in [2.05, 4.69) is 10.4 Å². The van der Waals surface area contributed by atoms with Crippen molar-refractivity contribution in [1.82, 2.24) is 15.1 Å². The summed E-state index contributed by atoms with van der Waals surface area (Å²) >= 11 is 0. The van der Waals surface area contributed by atoms with E-state index in [0.29, 0.717) is 6.54 Å². The fourth-order valence-corrected chi connectivity index (χ4v) is 1.36. The Balaban J connectivity index is 2.25. The molecule has 1 aromatic rings. The summed E-state index contributed by atoms with van der Waals surface area (Å²) in [7, 11) is 0. The lowest BCUT2D eigenvalue weighted by atomic mass is 9.93. The van der Waals surface area contributed by atoms with E-state index >= 15 is 0 Å². The molecule has 0 aromatic carbocycles. The van der Waals surface area contributed by atoms with Crippen LogP contribution in [0.25, 0.3) is 0 Å². The molecule has 0 spiro atoms. The van der Waals surface area contributed by atoms with Gasteiger partial charge >= 0.3 is 0 Å². The number of nitrogens with two attached hydrogens (primary N) is 1. The highest BCUT2D eigenvalue weighted by molar-refractivity contribution is 5.00. The van der Waals surface area contributed by atoms with E-state index in [1.54, 1.807) is 6.20 Å². The summed E-state index contributed by atoms with van der Waals surface area (Å²) in [6, 6.07) is 1.93. The Morgan fingerprint density at radius 2 is 2.45 bits per heavy atom. The molecule has 2 rings (SSSR count). The molecule has 1 aromatic heterocycles. The van der Waals surface area contributed by atoms with Crippen molar-refractivity contribution in [2.24, 2.45) is 5.73 Å². The predicted octanol–water partition coefficient (Wildman–Crippen LogP) is -0.860. The summed E-state index contributed by atoms with van der Waals surface area (Å²) in [6.07, 6.45) is 3.75. The largest absolute Gasteiger partial charge is 0.328 e. The first kappa shape index (κ1) is 6.82. The zero-order valence-electron chi connectivity index (χ0n) is 6.33. The van der Waals surface area contributed by atoms with Crippen molar-refractivity contribution in [1.29, 1.82) is 0 Å². The van der Waals surface area contributed by atoms with E-state index in [1.807, 2.05) is 16.9 Å². The minimum atomic E-state index is 0.0590. The van der Waals surface area contributed by atoms with Crippen LogP contribution in [0.4, 0.5) is 0 Å². The molecule has 3 N–H and O–H groups in total. The normalized spacial score (nSPS) is 21.2. The summed E-state index contributed by atoms with van der Waals surface area (Å²) in [5.41, 5.74) is 5.72. The minimum Gasteiger partial charge on any atom is -0.328 e. The van der Waals surface area contributed by atoms with E-state index in [0.717, 1.165) is 13.1 Å². The molecule has 11 heavy (non-hydrogen) atoms. The highest BCUT2D eigenvalue weighted by Crippen LogP contribution is 2.18. The van der Waals surface area contributed by atoms with Gasteiger partial charge in [0.25, 0.3) is 0 Å². The molecule has 1 aliphatic heterocycles. The van der Waals surface area contributed by atoms with Crippen LogP contribution in [0.15, 0.2) is 18.5 Å². The van der Waals surface area contributed by atoms with E-state index in [4.69, 9.17) is 5.73 Å². The quantitative estimate of drug-likeness (QED) is 0.580. The fraction of sp³-hybridized carbons (Fsp3) is 0.571. The first-order chi connectivity index (χ1) is 5.37. The Bertz CT molecular complexity index is 219. The van der Waals surface area contributed by atoms with Gasteiger partial charge in [0.2, 0.25) is 0 Å². The molecule has 0 unspecified atom stereocenters. The second-order valence-corrected chi connectivity index (χ2v) is 2.98. The zero-order valence-corrected chi connectivity index (χ0v) is 6.33. The molecule has 0 aliphatic carbocycles. The topological polar surface area (TPSA) is 55.9 Å². The first-order valence-corrected chi connectivity index (χ1v) is 3.78. The van der Waals surface area contributed by atoms with Gasteiger partial charge in [-0.3, -0.25) is 4.68 Å². The lowest BCUT2D eigenvalue weighted by molar-refractivity contribution is 0.165. The molecule has 1 aliphatic rings. The fourth-order valence-electron chi connectivity index (χ4n) is 1.36. The standard InChI is InChI=1S/C7H12N4/c8-4-7(5-9-6-7)11-3-1-2-10-11/h1-3,9H,4-6,8H2. The number of aromatic nitrogens is 2. The van der Waals surface area contributed by atoms with Crippen LogP contribution in [0, 0.1) is 0 Å². The van der Waals surface area contributed by atoms with Crippen molar-refractivity contribution in [3.05, 3.63) is 18.5 Å². The number of hydrogen-bond donors (Lipinski definition) is 2. The second kappa shape index (κ2) is 2.32. The third-order valence-electron chi connectivity index (χ3n) is 2.28. The van der Waals surface area contributed by atoms with Crippen LogP contribution in [0.2, 0.25) is 0 Å². The van der Waals surface area contributed by atoms with Crippen LogP contribution in [0.1, 0.15) is 0 Å². The molecule has 0 bridgehead atoms. The van der Waals surface area contributed by atoms with Gasteiger partial charge in [0.05, 0.1) is 5.54 Å². The summed E-state index contributed by atoms with van der Waals surface area (Å²) < 4.78 is 1.95. The van der Waals surface area contributed by atoms with Crippen LogP contribution >= 0.6 is 0 Å². The summed E-state index contributed by atoms with van der Waals surface area (Å²) in [5, 5.41) is 7.38. The van der Waals surface area contributed by atoms with Gasteiger partial charge in [-0.2, -0.15) is 5.10 Å². The highest BCUT2D eigenvalue weighted by Gasteiger charge is 2.37. The van der Waals surface area contributed by atoms with Gasteiger partial charge in [-0.05, 0) is 6.07 Å². The first-order valence-electron chi connectivity index (χ1n) is 3.78. The predicted molar refractivity (Wildman–Crippen MR) is 42.1 cm³/mol. The number of nitrogens with one attached hydrogen (secondary N) is 1. The molecule has 1 fully saturated rings. The Morgan fingerprint density at radius 3 is 2.82 bits per heavy atom. The maximum atomic E-state index is 5.66. The molecule has 4 nitrogen and oxygen atoms in total. The molecule has 60 valence electrons. The van der Waals surface area contributed by atoms with Crippen molar-refractivity contribution in [3.8, 4) is 0 Å². The van der Waals surface area contributed by atoms with E-state index in [-0.39, 0.29) is 5.54 Å². The lowest BCUT2D eigenvalue weighted by Crippen LogP contribution is -2.64. The van der Waals surface area contributed by atoms with Gasteiger partial charge in [0.1, 0.15) is 0 Å². The molecule has 0 amide bonds. The maximum Gasteiger partial charge on any atom is 0.0996 e. The van der Waals surface area contributed by atoms with Gasteiger partial charge in [-0.1, -0.05) is 0 Å². The van der Waals surface area contributed by atoms with Crippen LogP contribution in [-0.2, 0) is 5.54 Å². The zero-order chi connectivity index (χ0) is 7.73. The molecule has 0 atom stereocenters. The lowest BCUT2D eigenvalue weighted by Gasteiger charge is -2.41. The Morgan fingerprint density at radius 1 is 1.64 bits per heavy atom. The summed E-state index contributed by atoms with van der Waals surface area (Å²) in [4.78, 5) is 0. The minimum absolute atomic E-state index is 0.0590. The molecule has 1 saturated heterocycles. The van der Waals surface area contributed by atoms with Gasteiger partial charge in [0, 0.05) is 32.0 Å². The molecule has 0 radical (unpaired) electrons.